The summed E-state index contributed by atoms with van der Waals surface area (Å²) < 4.78 is 44.8. The molecule has 0 aliphatic rings. The zero-order valence-electron chi connectivity index (χ0n) is 18.5. The number of anilines is 2. The van der Waals surface area contributed by atoms with Gasteiger partial charge in [-0.05, 0) is 54.4 Å². The molecule has 0 aliphatic heterocycles. The van der Waals surface area contributed by atoms with Crippen molar-refractivity contribution < 1.29 is 17.9 Å². The number of rotatable bonds is 5. The topological polar surface area (TPSA) is 68.4 Å². The smallest absolute Gasteiger partial charge is 0.425 e. The van der Waals surface area contributed by atoms with E-state index in [9.17, 15) is 13.2 Å². The molecule has 1 unspecified atom stereocenters. The highest BCUT2D eigenvalue weighted by Gasteiger charge is 2.38. The summed E-state index contributed by atoms with van der Waals surface area (Å²) in [7, 11) is 1.88. The number of fused-ring (bicyclic) bond motifs is 3. The SMILES string of the molecule is CC(Oc1ccc(-c2cccc(N(C)c3nc4nnc(Cl)n4c4ccccc34)c2)cn1)C(F)(F)F. The summed E-state index contributed by atoms with van der Waals surface area (Å²) in [5, 5.41) is 9.08. The molecule has 35 heavy (non-hydrogen) atoms. The Hall–Kier alpha value is -3.92. The van der Waals surface area contributed by atoms with Crippen LogP contribution in [0.3, 0.4) is 0 Å². The third-order valence-corrected chi connectivity index (χ3v) is 5.82. The van der Waals surface area contributed by atoms with Gasteiger partial charge in [0, 0.05) is 35.9 Å². The van der Waals surface area contributed by atoms with Gasteiger partial charge in [0.15, 0.2) is 6.10 Å². The monoisotopic (exact) mass is 498 g/mol. The number of alkyl halides is 3. The van der Waals surface area contributed by atoms with Crippen LogP contribution < -0.4 is 9.64 Å². The van der Waals surface area contributed by atoms with Crippen LogP contribution in [0.25, 0.3) is 27.8 Å². The Bertz CT molecular complexity index is 1520. The van der Waals surface area contributed by atoms with Gasteiger partial charge in [-0.2, -0.15) is 18.2 Å². The van der Waals surface area contributed by atoms with E-state index >= 15 is 0 Å². The average molecular weight is 499 g/mol. The Morgan fingerprint density at radius 3 is 2.54 bits per heavy atom. The molecule has 1 atom stereocenters. The summed E-state index contributed by atoms with van der Waals surface area (Å²) in [5.41, 5.74) is 3.21. The third-order valence-electron chi connectivity index (χ3n) is 5.58. The Kier molecular flexibility index (Phi) is 5.68. The Balaban J connectivity index is 1.48. The predicted octanol–water partition coefficient (Wildman–Crippen LogP) is 6.09. The molecule has 2 aromatic carbocycles. The number of hydrogen-bond acceptors (Lipinski definition) is 6. The molecule has 11 heteroatoms. The highest BCUT2D eigenvalue weighted by Crippen LogP contribution is 2.33. The number of benzene rings is 2. The fourth-order valence-corrected chi connectivity index (χ4v) is 3.90. The van der Waals surface area contributed by atoms with Crippen LogP contribution in [-0.2, 0) is 0 Å². The molecule has 0 saturated heterocycles. The molecule has 0 fully saturated rings. The van der Waals surface area contributed by atoms with E-state index in [1.807, 2.05) is 60.5 Å². The number of para-hydroxylation sites is 1. The number of ether oxygens (including phenoxy) is 1. The van der Waals surface area contributed by atoms with E-state index in [0.29, 0.717) is 11.6 Å². The van der Waals surface area contributed by atoms with Crippen molar-refractivity contribution in [1.29, 1.82) is 0 Å². The predicted molar refractivity (Wildman–Crippen MR) is 127 cm³/mol. The standard InChI is InChI=1S/C24H18ClF3N6O/c1-14(24(26,27)28)35-20-11-10-16(13-29-20)15-6-5-7-17(12-15)33(2)21-18-8-3-4-9-19(18)34-22(25)31-32-23(34)30-21/h3-14H,1-2H3. The highest BCUT2D eigenvalue weighted by atomic mass is 35.5. The second-order valence-electron chi connectivity index (χ2n) is 7.85. The zero-order chi connectivity index (χ0) is 24.7. The van der Waals surface area contributed by atoms with Gasteiger partial charge in [0.25, 0.3) is 5.78 Å². The second-order valence-corrected chi connectivity index (χ2v) is 8.19. The fourth-order valence-electron chi connectivity index (χ4n) is 3.69. The molecular weight excluding hydrogens is 481 g/mol. The van der Waals surface area contributed by atoms with Crippen molar-refractivity contribution in [1.82, 2.24) is 24.6 Å². The average Bonchev–Trinajstić information content (AvgIpc) is 3.24. The van der Waals surface area contributed by atoms with Crippen molar-refractivity contribution in [3.8, 4) is 17.0 Å². The number of aromatic nitrogens is 5. The van der Waals surface area contributed by atoms with Crippen LogP contribution in [-0.4, -0.2) is 43.9 Å². The number of halogens is 4. The van der Waals surface area contributed by atoms with Crippen LogP contribution in [0, 0.1) is 0 Å². The Labute approximate surface area is 202 Å². The minimum Gasteiger partial charge on any atom is -0.465 e. The maximum absolute atomic E-state index is 12.7. The number of hydrogen-bond donors (Lipinski definition) is 0. The maximum atomic E-state index is 12.7. The molecular formula is C24H18ClF3N6O. The summed E-state index contributed by atoms with van der Waals surface area (Å²) in [5.74, 6) is 0.944. The molecule has 0 spiro atoms. The minimum absolute atomic E-state index is 0.0946. The van der Waals surface area contributed by atoms with E-state index < -0.39 is 12.3 Å². The lowest BCUT2D eigenvalue weighted by atomic mass is 10.1. The Morgan fingerprint density at radius 1 is 1.00 bits per heavy atom. The van der Waals surface area contributed by atoms with Crippen LogP contribution in [0.1, 0.15) is 6.92 Å². The van der Waals surface area contributed by atoms with E-state index in [2.05, 4.69) is 20.2 Å². The lowest BCUT2D eigenvalue weighted by molar-refractivity contribution is -0.189. The van der Waals surface area contributed by atoms with Crippen LogP contribution in [0.5, 0.6) is 5.88 Å². The van der Waals surface area contributed by atoms with Crippen molar-refractivity contribution in [2.75, 3.05) is 11.9 Å². The molecule has 3 aromatic heterocycles. The van der Waals surface area contributed by atoms with Gasteiger partial charge in [0.1, 0.15) is 5.82 Å². The normalized spacial score (nSPS) is 12.7. The summed E-state index contributed by atoms with van der Waals surface area (Å²) in [6.45, 7) is 0.942. The molecule has 178 valence electrons. The summed E-state index contributed by atoms with van der Waals surface area (Å²) >= 11 is 6.22. The summed E-state index contributed by atoms with van der Waals surface area (Å²) in [6.07, 6.45) is -4.93. The minimum atomic E-state index is -4.46. The first-order valence-electron chi connectivity index (χ1n) is 10.6. The van der Waals surface area contributed by atoms with Crippen molar-refractivity contribution in [2.24, 2.45) is 0 Å². The Morgan fingerprint density at radius 2 is 1.80 bits per heavy atom. The van der Waals surface area contributed by atoms with Gasteiger partial charge in [0.05, 0.1) is 5.52 Å². The fraction of sp³-hybridized carbons (Fsp3) is 0.167. The molecule has 0 saturated carbocycles. The zero-order valence-corrected chi connectivity index (χ0v) is 19.3. The van der Waals surface area contributed by atoms with E-state index in [1.54, 1.807) is 10.5 Å². The first kappa shape index (κ1) is 22.9. The lowest BCUT2D eigenvalue weighted by Gasteiger charge is -2.21. The molecule has 7 nitrogen and oxygen atoms in total. The first-order valence-corrected chi connectivity index (χ1v) is 10.9. The van der Waals surface area contributed by atoms with E-state index in [4.69, 9.17) is 16.3 Å². The van der Waals surface area contributed by atoms with Crippen LogP contribution >= 0.6 is 11.6 Å². The third kappa shape index (κ3) is 4.32. The van der Waals surface area contributed by atoms with Gasteiger partial charge >= 0.3 is 6.18 Å². The summed E-state index contributed by atoms with van der Waals surface area (Å²) in [6, 6.07) is 18.4. The lowest BCUT2D eigenvalue weighted by Crippen LogP contribution is -2.31. The van der Waals surface area contributed by atoms with Crippen molar-refractivity contribution in [3.63, 3.8) is 0 Å². The molecule has 3 heterocycles. The second kappa shape index (κ2) is 8.70. The van der Waals surface area contributed by atoms with E-state index in [0.717, 1.165) is 34.6 Å². The number of nitrogens with zero attached hydrogens (tertiary/aromatic N) is 6. The summed E-state index contributed by atoms with van der Waals surface area (Å²) in [4.78, 5) is 10.6. The van der Waals surface area contributed by atoms with Gasteiger partial charge in [0.2, 0.25) is 11.2 Å². The quantitative estimate of drug-likeness (QED) is 0.292. The molecule has 0 amide bonds. The van der Waals surface area contributed by atoms with Crippen molar-refractivity contribution in [2.45, 2.75) is 19.2 Å². The molecule has 0 N–H and O–H groups in total. The van der Waals surface area contributed by atoms with Crippen LogP contribution in [0.2, 0.25) is 5.28 Å². The van der Waals surface area contributed by atoms with Gasteiger partial charge in [-0.3, -0.25) is 0 Å². The largest absolute Gasteiger partial charge is 0.465 e. The van der Waals surface area contributed by atoms with Gasteiger partial charge in [-0.15, -0.1) is 10.2 Å². The molecule has 5 rings (SSSR count). The van der Waals surface area contributed by atoms with Gasteiger partial charge < -0.3 is 9.64 Å². The van der Waals surface area contributed by atoms with Crippen molar-refractivity contribution in [3.05, 3.63) is 72.1 Å². The van der Waals surface area contributed by atoms with E-state index in [-0.39, 0.29) is 11.2 Å². The highest BCUT2D eigenvalue weighted by molar-refractivity contribution is 6.29. The maximum Gasteiger partial charge on any atom is 0.425 e. The molecule has 5 aromatic rings. The molecule has 0 bridgehead atoms. The number of pyridine rings is 1. The first-order chi connectivity index (χ1) is 16.7. The van der Waals surface area contributed by atoms with Crippen molar-refractivity contribution >= 4 is 39.8 Å². The molecule has 0 aliphatic carbocycles. The van der Waals surface area contributed by atoms with E-state index in [1.165, 1.54) is 12.3 Å². The van der Waals surface area contributed by atoms with Gasteiger partial charge in [-0.1, -0.05) is 24.3 Å². The van der Waals surface area contributed by atoms with Crippen LogP contribution in [0.15, 0.2) is 66.9 Å². The van der Waals surface area contributed by atoms with Gasteiger partial charge in [-0.25, -0.2) is 9.38 Å². The molecule has 0 radical (unpaired) electrons. The van der Waals surface area contributed by atoms with Crippen LogP contribution in [0.4, 0.5) is 24.7 Å².